The average molecular weight is 354 g/mol. The lowest BCUT2D eigenvalue weighted by Gasteiger charge is -2.08. The van der Waals surface area contributed by atoms with Crippen molar-refractivity contribution >= 4 is 35.0 Å². The van der Waals surface area contributed by atoms with Crippen molar-refractivity contribution in [2.24, 2.45) is 0 Å². The van der Waals surface area contributed by atoms with E-state index in [9.17, 15) is 14.7 Å². The minimum Gasteiger partial charge on any atom is -0.506 e. The smallest absolute Gasteiger partial charge is 0.251 e. The van der Waals surface area contributed by atoms with Gasteiger partial charge in [0.05, 0.1) is 17.1 Å². The standard InChI is InChI=1S/C15H16ClN3O3S/c1-8(2)11-6-13(21)19-15(18-11)23-7-14(22)17-10-4-3-9(16)5-12(10)20/h3-6,8,20H,7H2,1-2H3,(H,17,22)(H,18,19,21). The SMILES string of the molecule is CC(C)c1cc(=O)[nH]c(SCC(=O)Nc2ccc(Cl)cc2O)n1. The van der Waals surface area contributed by atoms with E-state index in [0.29, 0.717) is 15.9 Å². The number of amides is 1. The number of aromatic amines is 1. The summed E-state index contributed by atoms with van der Waals surface area (Å²) in [5, 5.41) is 13.0. The molecule has 2 rings (SSSR count). The fourth-order valence-electron chi connectivity index (χ4n) is 1.75. The molecule has 1 heterocycles. The number of halogens is 1. The van der Waals surface area contributed by atoms with Crippen molar-refractivity contribution in [2.45, 2.75) is 24.9 Å². The topological polar surface area (TPSA) is 95.1 Å². The van der Waals surface area contributed by atoms with Crippen molar-refractivity contribution in [2.75, 3.05) is 11.1 Å². The number of hydrogen-bond donors (Lipinski definition) is 3. The van der Waals surface area contributed by atoms with E-state index in [2.05, 4.69) is 15.3 Å². The minimum atomic E-state index is -0.328. The third kappa shape index (κ3) is 5.01. The number of anilines is 1. The molecule has 6 nitrogen and oxygen atoms in total. The number of hydrogen-bond acceptors (Lipinski definition) is 5. The van der Waals surface area contributed by atoms with Gasteiger partial charge in [-0.05, 0) is 18.1 Å². The summed E-state index contributed by atoms with van der Waals surface area (Å²) in [5.41, 5.74) is 0.700. The highest BCUT2D eigenvalue weighted by molar-refractivity contribution is 7.99. The van der Waals surface area contributed by atoms with Crippen LogP contribution in [0, 0.1) is 0 Å². The molecular weight excluding hydrogens is 338 g/mol. The number of nitrogens with zero attached hydrogens (tertiary/aromatic N) is 1. The Morgan fingerprint density at radius 1 is 1.43 bits per heavy atom. The van der Waals surface area contributed by atoms with Gasteiger partial charge in [-0.3, -0.25) is 9.59 Å². The summed E-state index contributed by atoms with van der Waals surface area (Å²) < 4.78 is 0. The van der Waals surface area contributed by atoms with E-state index in [1.54, 1.807) is 6.07 Å². The van der Waals surface area contributed by atoms with E-state index in [0.717, 1.165) is 11.8 Å². The Morgan fingerprint density at radius 3 is 2.83 bits per heavy atom. The lowest BCUT2D eigenvalue weighted by atomic mass is 10.1. The van der Waals surface area contributed by atoms with Crippen molar-refractivity contribution < 1.29 is 9.90 Å². The first kappa shape index (κ1) is 17.4. The van der Waals surface area contributed by atoms with E-state index in [1.165, 1.54) is 18.2 Å². The molecule has 23 heavy (non-hydrogen) atoms. The quantitative estimate of drug-likeness (QED) is 0.436. The highest BCUT2D eigenvalue weighted by Gasteiger charge is 2.10. The van der Waals surface area contributed by atoms with Crippen molar-refractivity contribution in [3.05, 3.63) is 45.3 Å². The third-order valence-corrected chi connectivity index (χ3v) is 4.01. The second kappa shape index (κ2) is 7.52. The molecule has 0 radical (unpaired) electrons. The third-order valence-electron chi connectivity index (χ3n) is 2.91. The number of H-pyrrole nitrogens is 1. The fraction of sp³-hybridized carbons (Fsp3) is 0.267. The average Bonchev–Trinajstić information content (AvgIpc) is 2.47. The van der Waals surface area contributed by atoms with Crippen LogP contribution in [0.3, 0.4) is 0 Å². The molecule has 0 aliphatic carbocycles. The molecule has 1 aromatic carbocycles. The van der Waals surface area contributed by atoms with Gasteiger partial charge in [-0.15, -0.1) is 0 Å². The number of phenols is 1. The number of benzene rings is 1. The summed E-state index contributed by atoms with van der Waals surface area (Å²) in [4.78, 5) is 30.4. The van der Waals surface area contributed by atoms with Crippen molar-refractivity contribution in [1.29, 1.82) is 0 Å². The summed E-state index contributed by atoms with van der Waals surface area (Å²) in [6, 6.07) is 5.87. The van der Waals surface area contributed by atoms with E-state index >= 15 is 0 Å². The van der Waals surface area contributed by atoms with Crippen LogP contribution in [0.5, 0.6) is 5.75 Å². The first-order valence-corrected chi connectivity index (χ1v) is 8.24. The predicted molar refractivity (Wildman–Crippen MR) is 91.4 cm³/mol. The number of phenolic OH excluding ortho intramolecular Hbond substituents is 1. The van der Waals surface area contributed by atoms with Crippen LogP contribution in [0.15, 0.2) is 34.2 Å². The van der Waals surface area contributed by atoms with Crippen molar-refractivity contribution in [3.8, 4) is 5.75 Å². The van der Waals surface area contributed by atoms with Crippen LogP contribution < -0.4 is 10.9 Å². The maximum absolute atomic E-state index is 11.9. The van der Waals surface area contributed by atoms with Gasteiger partial charge in [0.2, 0.25) is 5.91 Å². The highest BCUT2D eigenvalue weighted by atomic mass is 35.5. The van der Waals surface area contributed by atoms with E-state index in [1.807, 2.05) is 13.8 Å². The van der Waals surface area contributed by atoms with E-state index < -0.39 is 0 Å². The molecule has 0 aliphatic heterocycles. The number of aromatic hydroxyl groups is 1. The maximum Gasteiger partial charge on any atom is 0.251 e. The molecule has 0 bridgehead atoms. The van der Waals surface area contributed by atoms with Crippen LogP contribution >= 0.6 is 23.4 Å². The van der Waals surface area contributed by atoms with Gasteiger partial charge in [-0.25, -0.2) is 4.98 Å². The second-order valence-corrected chi connectivity index (χ2v) is 6.53. The molecule has 0 atom stereocenters. The molecule has 1 aromatic heterocycles. The Morgan fingerprint density at radius 2 is 2.17 bits per heavy atom. The van der Waals surface area contributed by atoms with Gasteiger partial charge < -0.3 is 15.4 Å². The Balaban J connectivity index is 2.00. The predicted octanol–water partition coefficient (Wildman–Crippen LogP) is 2.98. The van der Waals surface area contributed by atoms with Gasteiger partial charge >= 0.3 is 0 Å². The zero-order valence-corrected chi connectivity index (χ0v) is 14.2. The summed E-state index contributed by atoms with van der Waals surface area (Å²) >= 11 is 6.85. The Bertz CT molecular complexity index is 777. The highest BCUT2D eigenvalue weighted by Crippen LogP contribution is 2.26. The number of carbonyl (C=O) groups excluding carboxylic acids is 1. The van der Waals surface area contributed by atoms with Crippen LogP contribution in [-0.4, -0.2) is 26.7 Å². The molecule has 0 saturated carbocycles. The molecule has 2 aromatic rings. The van der Waals surface area contributed by atoms with Crippen LogP contribution in [-0.2, 0) is 4.79 Å². The Labute approximate surface area is 142 Å². The molecule has 0 fully saturated rings. The molecule has 8 heteroatoms. The molecule has 0 aliphatic rings. The summed E-state index contributed by atoms with van der Waals surface area (Å²) in [6.45, 7) is 3.87. The zero-order valence-electron chi connectivity index (χ0n) is 12.6. The number of aromatic nitrogens is 2. The van der Waals surface area contributed by atoms with Gasteiger partial charge in [-0.1, -0.05) is 37.2 Å². The number of nitrogens with one attached hydrogen (secondary N) is 2. The summed E-state index contributed by atoms with van der Waals surface area (Å²) in [6.07, 6.45) is 0. The molecule has 1 amide bonds. The van der Waals surface area contributed by atoms with Crippen LogP contribution in [0.1, 0.15) is 25.5 Å². The normalized spacial score (nSPS) is 10.8. The largest absolute Gasteiger partial charge is 0.506 e. The van der Waals surface area contributed by atoms with Gasteiger partial charge in [0.1, 0.15) is 5.75 Å². The van der Waals surface area contributed by atoms with E-state index in [-0.39, 0.29) is 34.6 Å². The molecule has 122 valence electrons. The number of carbonyl (C=O) groups is 1. The first-order chi connectivity index (χ1) is 10.8. The molecular formula is C15H16ClN3O3S. The fourth-order valence-corrected chi connectivity index (χ4v) is 2.60. The molecule has 0 unspecified atom stereocenters. The van der Waals surface area contributed by atoms with Crippen LogP contribution in [0.2, 0.25) is 5.02 Å². The monoisotopic (exact) mass is 353 g/mol. The van der Waals surface area contributed by atoms with Gasteiger partial charge in [0, 0.05) is 17.2 Å². The number of thioether (sulfide) groups is 1. The van der Waals surface area contributed by atoms with E-state index in [4.69, 9.17) is 11.6 Å². The van der Waals surface area contributed by atoms with Crippen molar-refractivity contribution in [1.82, 2.24) is 9.97 Å². The summed E-state index contributed by atoms with van der Waals surface area (Å²) in [5.74, 6) is -0.266. The van der Waals surface area contributed by atoms with Gasteiger partial charge in [-0.2, -0.15) is 0 Å². The zero-order chi connectivity index (χ0) is 17.0. The lowest BCUT2D eigenvalue weighted by Crippen LogP contribution is -2.16. The van der Waals surface area contributed by atoms with Crippen molar-refractivity contribution in [3.63, 3.8) is 0 Å². The Hall–Kier alpha value is -1.99. The second-order valence-electron chi connectivity index (χ2n) is 5.13. The Kier molecular flexibility index (Phi) is 5.68. The first-order valence-electron chi connectivity index (χ1n) is 6.87. The number of rotatable bonds is 5. The van der Waals surface area contributed by atoms with Crippen LogP contribution in [0.4, 0.5) is 5.69 Å². The lowest BCUT2D eigenvalue weighted by molar-refractivity contribution is -0.113. The maximum atomic E-state index is 11.9. The van der Waals surface area contributed by atoms with Crippen LogP contribution in [0.25, 0.3) is 0 Å². The summed E-state index contributed by atoms with van der Waals surface area (Å²) in [7, 11) is 0. The molecule has 3 N–H and O–H groups in total. The molecule has 0 spiro atoms. The van der Waals surface area contributed by atoms with Gasteiger partial charge in [0.25, 0.3) is 5.56 Å². The molecule has 0 saturated heterocycles. The van der Waals surface area contributed by atoms with Gasteiger partial charge in [0.15, 0.2) is 5.16 Å². The minimum absolute atomic E-state index is 0.0482.